The predicted molar refractivity (Wildman–Crippen MR) is 84.1 cm³/mol. The van der Waals surface area contributed by atoms with Crippen LogP contribution in [0.1, 0.15) is 5.56 Å². The van der Waals surface area contributed by atoms with Gasteiger partial charge in [0, 0.05) is 8.95 Å². The van der Waals surface area contributed by atoms with Crippen LogP contribution in [0.25, 0.3) is 0 Å². The number of hydrogen-bond acceptors (Lipinski definition) is 2. The van der Waals surface area contributed by atoms with E-state index in [0.29, 0.717) is 4.47 Å². The van der Waals surface area contributed by atoms with Crippen molar-refractivity contribution in [2.24, 2.45) is 0 Å². The maximum Gasteiger partial charge on any atom is 0.416 e. The van der Waals surface area contributed by atoms with Crippen LogP contribution in [-0.2, 0) is 16.2 Å². The fraction of sp³-hybridized carbons (Fsp3) is 0.0769. The van der Waals surface area contributed by atoms with Gasteiger partial charge in [-0.1, -0.05) is 12.1 Å². The Kier molecular flexibility index (Phi) is 4.88. The number of rotatable bonds is 3. The number of benzene rings is 2. The van der Waals surface area contributed by atoms with Gasteiger partial charge in [-0.2, -0.15) is 13.2 Å². The lowest BCUT2D eigenvalue weighted by atomic mass is 10.2. The lowest BCUT2D eigenvalue weighted by molar-refractivity contribution is -0.137. The maximum atomic E-state index is 12.7. The highest BCUT2D eigenvalue weighted by atomic mass is 79.9. The monoisotopic (exact) mass is 457 g/mol. The number of nitrogens with one attached hydrogen (secondary N) is 1. The SMILES string of the molecule is O=S(=O)(Nc1cc(C(F)(F)F)ccc1Br)c1ccccc1Br. The number of sulfonamides is 1. The topological polar surface area (TPSA) is 46.2 Å². The van der Waals surface area contributed by atoms with Gasteiger partial charge in [-0.05, 0) is 62.2 Å². The molecule has 22 heavy (non-hydrogen) atoms. The van der Waals surface area contributed by atoms with E-state index in [9.17, 15) is 21.6 Å². The van der Waals surface area contributed by atoms with Crippen LogP contribution >= 0.6 is 31.9 Å². The standard InChI is InChI=1S/C13H8Br2F3NO2S/c14-9-6-5-8(13(16,17)18)7-11(9)19-22(20,21)12-4-2-1-3-10(12)15/h1-7,19H. The lowest BCUT2D eigenvalue weighted by Gasteiger charge is -2.13. The minimum Gasteiger partial charge on any atom is -0.278 e. The van der Waals surface area contributed by atoms with E-state index in [2.05, 4.69) is 36.6 Å². The Bertz CT molecular complexity index is 807. The second kappa shape index (κ2) is 6.21. The van der Waals surface area contributed by atoms with Gasteiger partial charge >= 0.3 is 6.18 Å². The van der Waals surface area contributed by atoms with E-state index in [0.717, 1.165) is 18.2 Å². The summed E-state index contributed by atoms with van der Waals surface area (Å²) in [7, 11) is -4.02. The Hall–Kier alpha value is -1.06. The second-order valence-electron chi connectivity index (χ2n) is 4.23. The molecule has 0 spiro atoms. The van der Waals surface area contributed by atoms with Crippen molar-refractivity contribution < 1.29 is 21.6 Å². The van der Waals surface area contributed by atoms with Crippen molar-refractivity contribution in [3.63, 3.8) is 0 Å². The highest BCUT2D eigenvalue weighted by Gasteiger charge is 2.31. The summed E-state index contributed by atoms with van der Waals surface area (Å²) in [4.78, 5) is -0.0701. The fourth-order valence-corrected chi connectivity index (χ4v) is 4.19. The highest BCUT2D eigenvalue weighted by molar-refractivity contribution is 9.11. The lowest BCUT2D eigenvalue weighted by Crippen LogP contribution is -2.15. The van der Waals surface area contributed by atoms with E-state index in [1.165, 1.54) is 18.2 Å². The zero-order valence-electron chi connectivity index (χ0n) is 10.7. The van der Waals surface area contributed by atoms with Crippen molar-refractivity contribution >= 4 is 47.6 Å². The molecule has 0 amide bonds. The van der Waals surface area contributed by atoms with Crippen molar-refractivity contribution in [3.8, 4) is 0 Å². The van der Waals surface area contributed by atoms with Crippen LogP contribution in [0.15, 0.2) is 56.3 Å². The zero-order chi connectivity index (χ0) is 16.5. The first kappa shape index (κ1) is 17.3. The van der Waals surface area contributed by atoms with E-state index >= 15 is 0 Å². The largest absolute Gasteiger partial charge is 0.416 e. The normalized spacial score (nSPS) is 12.2. The van der Waals surface area contributed by atoms with Crippen LogP contribution in [0, 0.1) is 0 Å². The van der Waals surface area contributed by atoms with Crippen LogP contribution in [0.3, 0.4) is 0 Å². The van der Waals surface area contributed by atoms with Gasteiger partial charge in [0.1, 0.15) is 4.90 Å². The molecule has 1 N–H and O–H groups in total. The zero-order valence-corrected chi connectivity index (χ0v) is 14.6. The van der Waals surface area contributed by atoms with Crippen molar-refractivity contribution in [1.82, 2.24) is 0 Å². The number of hydrogen-bond donors (Lipinski definition) is 1. The quantitative estimate of drug-likeness (QED) is 0.700. The summed E-state index contributed by atoms with van der Waals surface area (Å²) < 4.78 is 65.4. The van der Waals surface area contributed by atoms with Gasteiger partial charge in [-0.25, -0.2) is 8.42 Å². The van der Waals surface area contributed by atoms with Gasteiger partial charge in [0.25, 0.3) is 10.0 Å². The average Bonchev–Trinajstić information content (AvgIpc) is 2.40. The smallest absolute Gasteiger partial charge is 0.278 e. The Morgan fingerprint density at radius 3 is 2.18 bits per heavy atom. The van der Waals surface area contributed by atoms with Crippen LogP contribution in [0.2, 0.25) is 0 Å². The molecule has 0 atom stereocenters. The molecular formula is C13H8Br2F3NO2S. The molecule has 0 aliphatic carbocycles. The highest BCUT2D eigenvalue weighted by Crippen LogP contribution is 2.35. The molecule has 2 aromatic rings. The predicted octanol–water partition coefficient (Wildman–Crippen LogP) is 5.03. The minimum atomic E-state index is -4.56. The van der Waals surface area contributed by atoms with Gasteiger partial charge in [-0.15, -0.1) is 0 Å². The van der Waals surface area contributed by atoms with Crippen LogP contribution in [-0.4, -0.2) is 8.42 Å². The summed E-state index contributed by atoms with van der Waals surface area (Å²) in [5.74, 6) is 0. The summed E-state index contributed by atoms with van der Waals surface area (Å²) >= 11 is 6.13. The second-order valence-corrected chi connectivity index (χ2v) is 7.59. The molecule has 3 nitrogen and oxygen atoms in total. The molecule has 0 fully saturated rings. The van der Waals surface area contributed by atoms with E-state index in [-0.39, 0.29) is 15.1 Å². The summed E-state index contributed by atoms with van der Waals surface area (Å²) in [6.45, 7) is 0. The Balaban J connectivity index is 2.44. The Labute approximate surface area is 141 Å². The third kappa shape index (κ3) is 3.82. The summed E-state index contributed by atoms with van der Waals surface area (Å²) in [6, 6.07) is 8.74. The molecule has 0 bridgehead atoms. The molecule has 0 heterocycles. The molecule has 2 rings (SSSR count). The molecular weight excluding hydrogens is 451 g/mol. The first-order valence-corrected chi connectivity index (χ1v) is 8.82. The van der Waals surface area contributed by atoms with Gasteiger partial charge < -0.3 is 0 Å². The fourth-order valence-electron chi connectivity index (χ4n) is 1.64. The van der Waals surface area contributed by atoms with E-state index in [1.807, 2.05) is 0 Å². The number of anilines is 1. The molecule has 0 radical (unpaired) electrons. The van der Waals surface area contributed by atoms with Gasteiger partial charge in [0.05, 0.1) is 11.3 Å². The first-order chi connectivity index (χ1) is 10.1. The van der Waals surface area contributed by atoms with Crippen molar-refractivity contribution in [2.45, 2.75) is 11.1 Å². The van der Waals surface area contributed by atoms with E-state index < -0.39 is 21.8 Å². The molecule has 0 aromatic heterocycles. The van der Waals surface area contributed by atoms with Crippen molar-refractivity contribution in [3.05, 3.63) is 57.0 Å². The molecule has 2 aromatic carbocycles. The maximum absolute atomic E-state index is 12.7. The molecule has 0 unspecified atom stereocenters. The van der Waals surface area contributed by atoms with Crippen molar-refractivity contribution in [1.29, 1.82) is 0 Å². The summed E-state index contributed by atoms with van der Waals surface area (Å²) in [5, 5.41) is 0. The van der Waals surface area contributed by atoms with Gasteiger partial charge in [-0.3, -0.25) is 4.72 Å². The number of halogens is 5. The third-order valence-electron chi connectivity index (χ3n) is 2.66. The molecule has 9 heteroatoms. The minimum absolute atomic E-state index is 0.0701. The van der Waals surface area contributed by atoms with E-state index in [1.54, 1.807) is 6.07 Å². The van der Waals surface area contributed by atoms with Crippen LogP contribution < -0.4 is 4.72 Å². The first-order valence-electron chi connectivity index (χ1n) is 5.75. The molecule has 118 valence electrons. The Morgan fingerprint density at radius 1 is 0.955 bits per heavy atom. The summed E-state index contributed by atoms with van der Waals surface area (Å²) in [5.41, 5.74) is -1.13. The third-order valence-corrected chi connectivity index (χ3v) is 5.73. The van der Waals surface area contributed by atoms with Crippen molar-refractivity contribution in [2.75, 3.05) is 4.72 Å². The molecule has 0 aliphatic rings. The van der Waals surface area contributed by atoms with E-state index in [4.69, 9.17) is 0 Å². The van der Waals surface area contributed by atoms with Gasteiger partial charge in [0.2, 0.25) is 0 Å². The molecule has 0 aliphatic heterocycles. The Morgan fingerprint density at radius 2 is 1.59 bits per heavy atom. The van der Waals surface area contributed by atoms with Crippen LogP contribution in [0.4, 0.5) is 18.9 Å². The average molecular weight is 459 g/mol. The van der Waals surface area contributed by atoms with Crippen LogP contribution in [0.5, 0.6) is 0 Å². The van der Waals surface area contributed by atoms with Gasteiger partial charge in [0.15, 0.2) is 0 Å². The number of alkyl halides is 3. The molecule has 0 saturated carbocycles. The summed E-state index contributed by atoms with van der Waals surface area (Å²) in [6.07, 6.45) is -4.56. The molecule has 0 saturated heterocycles.